The van der Waals surface area contributed by atoms with Gasteiger partial charge in [0.25, 0.3) is 0 Å². The van der Waals surface area contributed by atoms with E-state index < -0.39 is 5.97 Å². The van der Waals surface area contributed by atoms with Crippen LogP contribution >= 0.6 is 0 Å². The van der Waals surface area contributed by atoms with Crippen molar-refractivity contribution in [1.29, 1.82) is 0 Å². The van der Waals surface area contributed by atoms with E-state index in [1.54, 1.807) is 0 Å². The van der Waals surface area contributed by atoms with Crippen LogP contribution in [0.2, 0.25) is 0 Å². The number of aliphatic carboxylic acids is 1. The molecule has 0 aliphatic rings. The third kappa shape index (κ3) is 31.4. The molecule has 0 rings (SSSR count). The van der Waals surface area contributed by atoms with Gasteiger partial charge in [-0.3, -0.25) is 0 Å². The zero-order valence-corrected chi connectivity index (χ0v) is 30.3. The van der Waals surface area contributed by atoms with E-state index in [-0.39, 0.29) is 36.0 Å². The molecular formula is C36H72NNaO2. The first kappa shape index (κ1) is 42.6. The number of rotatable bonds is 33. The van der Waals surface area contributed by atoms with Crippen LogP contribution in [0.4, 0.5) is 0 Å². The third-order valence-electron chi connectivity index (χ3n) is 8.77. The average Bonchev–Trinajstić information content (AvgIpc) is 2.93. The SMILES string of the molecule is CCCCCCCCCCCCCCCN(CCCCCCCCCCCCCCC)C(CC)CCC(=O)[O-].[Na+]. The van der Waals surface area contributed by atoms with Crippen molar-refractivity contribution >= 4 is 5.97 Å². The Balaban J connectivity index is 0. The number of hydrogen-bond acceptors (Lipinski definition) is 3. The van der Waals surface area contributed by atoms with Gasteiger partial charge in [0, 0.05) is 12.0 Å². The Hall–Kier alpha value is 0.430. The number of nitrogens with zero attached hydrogens (tertiary/aromatic N) is 1. The molecule has 4 heteroatoms. The Bertz CT molecular complexity index is 457. The largest absolute Gasteiger partial charge is 1.00 e. The van der Waals surface area contributed by atoms with E-state index in [2.05, 4.69) is 25.7 Å². The Labute approximate surface area is 275 Å². The van der Waals surface area contributed by atoms with E-state index in [0.29, 0.717) is 6.04 Å². The molecule has 0 aromatic carbocycles. The summed E-state index contributed by atoms with van der Waals surface area (Å²) in [6.45, 7) is 9.08. The Morgan fingerprint density at radius 1 is 0.500 bits per heavy atom. The molecule has 0 fully saturated rings. The van der Waals surface area contributed by atoms with Gasteiger partial charge in [0.2, 0.25) is 0 Å². The minimum atomic E-state index is -0.893. The van der Waals surface area contributed by atoms with Crippen molar-refractivity contribution in [3.8, 4) is 0 Å². The summed E-state index contributed by atoms with van der Waals surface area (Å²) in [7, 11) is 0. The molecule has 0 aliphatic heterocycles. The van der Waals surface area contributed by atoms with Gasteiger partial charge in [0.15, 0.2) is 0 Å². The van der Waals surface area contributed by atoms with Crippen molar-refractivity contribution in [1.82, 2.24) is 4.90 Å². The summed E-state index contributed by atoms with van der Waals surface area (Å²) in [5.74, 6) is -0.893. The fourth-order valence-corrected chi connectivity index (χ4v) is 6.07. The van der Waals surface area contributed by atoms with E-state index >= 15 is 0 Å². The molecule has 0 saturated heterocycles. The maximum absolute atomic E-state index is 11.1. The van der Waals surface area contributed by atoms with Crippen molar-refractivity contribution in [2.45, 2.75) is 213 Å². The molecule has 40 heavy (non-hydrogen) atoms. The van der Waals surface area contributed by atoms with Crippen molar-refractivity contribution in [3.63, 3.8) is 0 Å². The Morgan fingerprint density at radius 2 is 0.775 bits per heavy atom. The zero-order valence-electron chi connectivity index (χ0n) is 28.3. The number of carboxylic acids is 1. The van der Waals surface area contributed by atoms with Crippen LogP contribution in [-0.4, -0.2) is 30.0 Å². The molecule has 0 amide bonds. The number of carboxylic acid groups (broad SMARTS) is 1. The first-order valence-corrected chi connectivity index (χ1v) is 18.1. The van der Waals surface area contributed by atoms with E-state index in [1.807, 2.05) is 0 Å². The van der Waals surface area contributed by atoms with Crippen molar-refractivity contribution < 1.29 is 39.5 Å². The second kappa shape index (κ2) is 35.6. The smallest absolute Gasteiger partial charge is 0.550 e. The van der Waals surface area contributed by atoms with Gasteiger partial charge in [0.1, 0.15) is 0 Å². The molecule has 0 spiro atoms. The summed E-state index contributed by atoms with van der Waals surface area (Å²) in [6, 6.07) is 0.401. The van der Waals surface area contributed by atoms with E-state index in [0.717, 1.165) is 25.9 Å². The second-order valence-electron chi connectivity index (χ2n) is 12.5. The first-order valence-electron chi connectivity index (χ1n) is 18.1. The van der Waals surface area contributed by atoms with Crippen LogP contribution in [0.25, 0.3) is 0 Å². The minimum Gasteiger partial charge on any atom is -0.550 e. The first-order chi connectivity index (χ1) is 19.2. The maximum atomic E-state index is 11.1. The molecule has 1 atom stereocenters. The van der Waals surface area contributed by atoms with Gasteiger partial charge in [-0.25, -0.2) is 0 Å². The van der Waals surface area contributed by atoms with Crippen molar-refractivity contribution in [2.75, 3.05) is 13.1 Å². The summed E-state index contributed by atoms with van der Waals surface area (Å²) >= 11 is 0. The van der Waals surface area contributed by atoms with Crippen LogP contribution in [0.15, 0.2) is 0 Å². The quantitative estimate of drug-likeness (QED) is 0.0595. The molecule has 0 N–H and O–H groups in total. The van der Waals surface area contributed by atoms with Crippen LogP contribution in [-0.2, 0) is 4.79 Å². The number of unbranched alkanes of at least 4 members (excludes halogenated alkanes) is 24. The van der Waals surface area contributed by atoms with Gasteiger partial charge in [-0.05, 0) is 45.2 Å². The fraction of sp³-hybridized carbons (Fsp3) is 0.972. The summed E-state index contributed by atoms with van der Waals surface area (Å²) in [5.41, 5.74) is 0. The van der Waals surface area contributed by atoms with E-state index in [1.165, 1.54) is 167 Å². The normalized spacial score (nSPS) is 12.1. The van der Waals surface area contributed by atoms with Crippen LogP contribution < -0.4 is 34.7 Å². The third-order valence-corrected chi connectivity index (χ3v) is 8.77. The molecule has 0 aromatic rings. The summed E-state index contributed by atoms with van der Waals surface area (Å²) in [6.07, 6.45) is 38.1. The minimum absolute atomic E-state index is 0. The second-order valence-corrected chi connectivity index (χ2v) is 12.5. The van der Waals surface area contributed by atoms with Gasteiger partial charge >= 0.3 is 29.6 Å². The molecule has 1 unspecified atom stereocenters. The molecular weight excluding hydrogens is 501 g/mol. The standard InChI is InChI=1S/C36H73NO2.Na/c1-4-7-9-11-13-15-17-19-21-23-25-27-29-33-37(35(6-3)31-32-36(38)39)34-30-28-26-24-22-20-18-16-14-12-10-8-5-2;/h35H,4-34H2,1-3H3,(H,38,39);/q;+1/p-1. The van der Waals surface area contributed by atoms with Gasteiger partial charge < -0.3 is 14.8 Å². The van der Waals surface area contributed by atoms with Crippen molar-refractivity contribution in [3.05, 3.63) is 0 Å². The van der Waals surface area contributed by atoms with Gasteiger partial charge in [-0.1, -0.05) is 175 Å². The van der Waals surface area contributed by atoms with Crippen molar-refractivity contribution in [2.24, 2.45) is 0 Å². The predicted octanol–water partition coefficient (Wildman–Crippen LogP) is 7.78. The molecule has 0 aromatic heterocycles. The van der Waals surface area contributed by atoms with Gasteiger partial charge in [-0.2, -0.15) is 0 Å². The van der Waals surface area contributed by atoms with E-state index in [4.69, 9.17) is 0 Å². The molecule has 0 aliphatic carbocycles. The van der Waals surface area contributed by atoms with Gasteiger partial charge in [-0.15, -0.1) is 0 Å². The fourth-order valence-electron chi connectivity index (χ4n) is 6.07. The number of hydrogen-bond donors (Lipinski definition) is 0. The number of carbonyl (C=O) groups excluding carboxylic acids is 1. The maximum Gasteiger partial charge on any atom is 1.00 e. The predicted molar refractivity (Wildman–Crippen MR) is 171 cm³/mol. The van der Waals surface area contributed by atoms with Gasteiger partial charge in [0.05, 0.1) is 0 Å². The number of carbonyl (C=O) groups is 1. The summed E-state index contributed by atoms with van der Waals surface area (Å²) in [5, 5.41) is 11.1. The monoisotopic (exact) mass is 574 g/mol. The molecule has 234 valence electrons. The van der Waals surface area contributed by atoms with E-state index in [9.17, 15) is 9.90 Å². The Kier molecular flexibility index (Phi) is 37.9. The average molecular weight is 574 g/mol. The van der Waals surface area contributed by atoms with Crippen LogP contribution in [0, 0.1) is 0 Å². The summed E-state index contributed by atoms with van der Waals surface area (Å²) in [4.78, 5) is 13.7. The van der Waals surface area contributed by atoms with Crippen LogP contribution in [0.1, 0.15) is 207 Å². The molecule has 0 bridgehead atoms. The molecule has 0 radical (unpaired) electrons. The van der Waals surface area contributed by atoms with Crippen LogP contribution in [0.5, 0.6) is 0 Å². The molecule has 0 heterocycles. The molecule has 0 saturated carbocycles. The summed E-state index contributed by atoms with van der Waals surface area (Å²) < 4.78 is 0. The zero-order chi connectivity index (χ0) is 28.7. The van der Waals surface area contributed by atoms with Crippen LogP contribution in [0.3, 0.4) is 0 Å². The Morgan fingerprint density at radius 3 is 1.02 bits per heavy atom. The molecule has 3 nitrogen and oxygen atoms in total. The topological polar surface area (TPSA) is 43.4 Å².